The standard InChI is InChI=1S/C24H26N4O3/c1-16-8-4-5-12-20(16)28-21-13-7-11-19(21)23(26-28)24(30)27(2)15-22(29)25-17-9-6-10-18(14-17)31-3/h4-6,8-10,12,14H,7,11,13,15H2,1-3H3,(H,25,29). The molecule has 31 heavy (non-hydrogen) atoms. The number of aryl methyl sites for hydroxylation is 1. The zero-order valence-corrected chi connectivity index (χ0v) is 18.0. The van der Waals surface area contributed by atoms with Gasteiger partial charge in [-0.3, -0.25) is 9.59 Å². The van der Waals surface area contributed by atoms with Crippen molar-refractivity contribution < 1.29 is 14.3 Å². The van der Waals surface area contributed by atoms with Crippen LogP contribution >= 0.6 is 0 Å². The molecular weight excluding hydrogens is 392 g/mol. The van der Waals surface area contributed by atoms with Crippen LogP contribution in [0.25, 0.3) is 5.69 Å². The van der Waals surface area contributed by atoms with Crippen molar-refractivity contribution in [2.75, 3.05) is 26.0 Å². The average Bonchev–Trinajstić information content (AvgIpc) is 3.36. The van der Waals surface area contributed by atoms with Gasteiger partial charge in [0.1, 0.15) is 5.75 Å². The normalized spacial score (nSPS) is 12.4. The summed E-state index contributed by atoms with van der Waals surface area (Å²) in [6.45, 7) is 1.97. The molecule has 0 saturated heterocycles. The SMILES string of the molecule is COc1cccc(NC(=O)CN(C)C(=O)c2nn(-c3ccccc3C)c3c2CCC3)c1. The van der Waals surface area contributed by atoms with Crippen LogP contribution in [0.4, 0.5) is 5.69 Å². The van der Waals surface area contributed by atoms with Gasteiger partial charge in [-0.25, -0.2) is 4.68 Å². The highest BCUT2D eigenvalue weighted by Gasteiger charge is 2.29. The van der Waals surface area contributed by atoms with E-state index in [0.29, 0.717) is 17.1 Å². The van der Waals surface area contributed by atoms with Gasteiger partial charge >= 0.3 is 0 Å². The highest BCUT2D eigenvalue weighted by Crippen LogP contribution is 2.29. The molecule has 1 aliphatic carbocycles. The summed E-state index contributed by atoms with van der Waals surface area (Å²) in [6, 6.07) is 15.1. The first-order valence-electron chi connectivity index (χ1n) is 10.3. The lowest BCUT2D eigenvalue weighted by Gasteiger charge is -2.16. The van der Waals surface area contributed by atoms with E-state index >= 15 is 0 Å². The molecular formula is C24H26N4O3. The Balaban J connectivity index is 1.52. The molecule has 7 nitrogen and oxygen atoms in total. The van der Waals surface area contributed by atoms with Crippen molar-refractivity contribution in [3.63, 3.8) is 0 Å². The molecule has 160 valence electrons. The van der Waals surface area contributed by atoms with Crippen molar-refractivity contribution in [3.8, 4) is 11.4 Å². The van der Waals surface area contributed by atoms with Gasteiger partial charge in [0.05, 0.1) is 19.3 Å². The Morgan fingerprint density at radius 1 is 1.16 bits per heavy atom. The van der Waals surface area contributed by atoms with Gasteiger partial charge in [-0.15, -0.1) is 0 Å². The molecule has 7 heteroatoms. The fourth-order valence-electron chi connectivity index (χ4n) is 3.98. The molecule has 0 aliphatic heterocycles. The minimum absolute atomic E-state index is 0.0674. The van der Waals surface area contributed by atoms with Crippen molar-refractivity contribution in [1.29, 1.82) is 0 Å². The van der Waals surface area contributed by atoms with Gasteiger partial charge in [-0.2, -0.15) is 5.10 Å². The lowest BCUT2D eigenvalue weighted by Crippen LogP contribution is -2.35. The lowest BCUT2D eigenvalue weighted by molar-refractivity contribution is -0.116. The Hall–Kier alpha value is -3.61. The number of hydrogen-bond acceptors (Lipinski definition) is 4. The first kappa shape index (κ1) is 20.7. The number of ether oxygens (including phenoxy) is 1. The minimum Gasteiger partial charge on any atom is -0.497 e. The molecule has 2 aromatic carbocycles. The van der Waals surface area contributed by atoms with Crippen LogP contribution < -0.4 is 10.1 Å². The molecule has 1 N–H and O–H groups in total. The third-order valence-corrected chi connectivity index (χ3v) is 5.56. The first-order valence-corrected chi connectivity index (χ1v) is 10.3. The number of likely N-dealkylation sites (N-methyl/N-ethyl adjacent to an activating group) is 1. The number of benzene rings is 2. The zero-order valence-electron chi connectivity index (χ0n) is 18.0. The Morgan fingerprint density at radius 2 is 1.97 bits per heavy atom. The van der Waals surface area contributed by atoms with E-state index in [1.807, 2.05) is 35.9 Å². The maximum absolute atomic E-state index is 13.2. The van der Waals surface area contributed by atoms with Gasteiger partial charge in [-0.1, -0.05) is 24.3 Å². The van der Waals surface area contributed by atoms with Crippen LogP contribution in [0.1, 0.15) is 33.7 Å². The third kappa shape index (κ3) is 4.17. The number of amides is 2. The van der Waals surface area contributed by atoms with E-state index in [9.17, 15) is 9.59 Å². The molecule has 0 spiro atoms. The van der Waals surface area contributed by atoms with E-state index < -0.39 is 0 Å². The molecule has 0 fully saturated rings. The number of para-hydroxylation sites is 1. The van der Waals surface area contributed by atoms with Crippen molar-refractivity contribution in [2.24, 2.45) is 0 Å². The Labute approximate surface area is 181 Å². The lowest BCUT2D eigenvalue weighted by atomic mass is 10.1. The van der Waals surface area contributed by atoms with E-state index in [1.165, 1.54) is 4.90 Å². The van der Waals surface area contributed by atoms with Gasteiger partial charge in [-0.05, 0) is 49.9 Å². The smallest absolute Gasteiger partial charge is 0.274 e. The molecule has 0 unspecified atom stereocenters. The summed E-state index contributed by atoms with van der Waals surface area (Å²) in [6.07, 6.45) is 2.72. The largest absolute Gasteiger partial charge is 0.497 e. The molecule has 3 aromatic rings. The summed E-state index contributed by atoms with van der Waals surface area (Å²) < 4.78 is 7.07. The molecule has 0 bridgehead atoms. The van der Waals surface area contributed by atoms with Crippen LogP contribution in [0.3, 0.4) is 0 Å². The summed E-state index contributed by atoms with van der Waals surface area (Å²) >= 11 is 0. The van der Waals surface area contributed by atoms with Crippen LogP contribution in [0, 0.1) is 6.92 Å². The molecule has 1 heterocycles. The molecule has 0 radical (unpaired) electrons. The molecule has 2 amide bonds. The molecule has 1 aliphatic rings. The summed E-state index contributed by atoms with van der Waals surface area (Å²) in [5.74, 6) is 0.130. The van der Waals surface area contributed by atoms with Crippen molar-refractivity contribution in [3.05, 3.63) is 71.0 Å². The highest BCUT2D eigenvalue weighted by atomic mass is 16.5. The summed E-state index contributed by atoms with van der Waals surface area (Å²) in [5, 5.41) is 7.48. The van der Waals surface area contributed by atoms with Crippen LogP contribution in [0.5, 0.6) is 5.75 Å². The van der Waals surface area contributed by atoms with E-state index in [4.69, 9.17) is 4.74 Å². The van der Waals surface area contributed by atoms with E-state index in [0.717, 1.165) is 41.8 Å². The number of rotatable bonds is 6. The maximum atomic E-state index is 13.2. The van der Waals surface area contributed by atoms with Crippen LogP contribution in [0.2, 0.25) is 0 Å². The Bertz CT molecular complexity index is 1140. The van der Waals surface area contributed by atoms with Gasteiger partial charge in [0.2, 0.25) is 5.91 Å². The van der Waals surface area contributed by atoms with Crippen LogP contribution in [-0.2, 0) is 17.6 Å². The van der Waals surface area contributed by atoms with Gasteiger partial charge in [0.15, 0.2) is 5.69 Å². The topological polar surface area (TPSA) is 76.5 Å². The number of carbonyl (C=O) groups excluding carboxylic acids is 2. The monoisotopic (exact) mass is 418 g/mol. The molecule has 0 atom stereocenters. The molecule has 1 aromatic heterocycles. The summed E-state index contributed by atoms with van der Waals surface area (Å²) in [7, 11) is 3.20. The number of fused-ring (bicyclic) bond motifs is 1. The van der Waals surface area contributed by atoms with Crippen molar-refractivity contribution >= 4 is 17.5 Å². The minimum atomic E-state index is -0.279. The third-order valence-electron chi connectivity index (χ3n) is 5.56. The number of carbonyl (C=O) groups is 2. The van der Waals surface area contributed by atoms with E-state index in [-0.39, 0.29) is 18.4 Å². The van der Waals surface area contributed by atoms with Crippen molar-refractivity contribution in [1.82, 2.24) is 14.7 Å². The maximum Gasteiger partial charge on any atom is 0.274 e. The van der Waals surface area contributed by atoms with Gasteiger partial charge in [0.25, 0.3) is 5.91 Å². The second-order valence-electron chi connectivity index (χ2n) is 7.77. The number of nitrogens with zero attached hydrogens (tertiary/aromatic N) is 3. The second kappa shape index (κ2) is 8.63. The predicted octanol–water partition coefficient (Wildman–Crippen LogP) is 3.39. The summed E-state index contributed by atoms with van der Waals surface area (Å²) in [4.78, 5) is 27.1. The predicted molar refractivity (Wildman–Crippen MR) is 119 cm³/mol. The van der Waals surface area contributed by atoms with Crippen LogP contribution in [0.15, 0.2) is 48.5 Å². The number of hydrogen-bond donors (Lipinski definition) is 1. The first-order chi connectivity index (χ1) is 15.0. The number of nitrogens with one attached hydrogen (secondary N) is 1. The second-order valence-corrected chi connectivity index (χ2v) is 7.77. The van der Waals surface area contributed by atoms with E-state index in [1.54, 1.807) is 38.4 Å². The van der Waals surface area contributed by atoms with Gasteiger partial charge < -0.3 is 15.0 Å². The summed E-state index contributed by atoms with van der Waals surface area (Å²) in [5.41, 5.74) is 5.23. The van der Waals surface area contributed by atoms with E-state index in [2.05, 4.69) is 10.4 Å². The van der Waals surface area contributed by atoms with Crippen LogP contribution in [-0.4, -0.2) is 47.2 Å². The molecule has 4 rings (SSSR count). The Kier molecular flexibility index (Phi) is 5.75. The Morgan fingerprint density at radius 3 is 2.74 bits per heavy atom. The fourth-order valence-corrected chi connectivity index (χ4v) is 3.98. The highest BCUT2D eigenvalue weighted by molar-refractivity contribution is 5.99. The fraction of sp³-hybridized carbons (Fsp3) is 0.292. The van der Waals surface area contributed by atoms with Gasteiger partial charge in [0, 0.05) is 30.1 Å². The average molecular weight is 418 g/mol. The number of methoxy groups -OCH3 is 1. The number of anilines is 1. The zero-order chi connectivity index (χ0) is 22.0. The molecule has 0 saturated carbocycles. The van der Waals surface area contributed by atoms with Crippen molar-refractivity contribution in [2.45, 2.75) is 26.2 Å². The quantitative estimate of drug-likeness (QED) is 0.666. The number of aromatic nitrogens is 2.